The van der Waals surface area contributed by atoms with Crippen molar-refractivity contribution in [2.24, 2.45) is 5.90 Å². The molecule has 0 radical (unpaired) electrons. The predicted molar refractivity (Wildman–Crippen MR) is 55.3 cm³/mol. The predicted octanol–water partition coefficient (Wildman–Crippen LogP) is 2.31. The molecule has 1 heterocycles. The SMILES string of the molecule is NOCC1(c2cc(Cl)nc(Cl)c2)CC1. The maximum atomic E-state index is 5.82. The topological polar surface area (TPSA) is 48.1 Å². The summed E-state index contributed by atoms with van der Waals surface area (Å²) in [5, 5.41) is 0.826. The highest BCUT2D eigenvalue weighted by molar-refractivity contribution is 6.32. The van der Waals surface area contributed by atoms with Crippen molar-refractivity contribution in [2.45, 2.75) is 18.3 Å². The minimum Gasteiger partial charge on any atom is -0.304 e. The van der Waals surface area contributed by atoms with E-state index in [4.69, 9.17) is 33.9 Å². The van der Waals surface area contributed by atoms with Crippen molar-refractivity contribution >= 4 is 23.2 Å². The maximum absolute atomic E-state index is 5.82. The van der Waals surface area contributed by atoms with Gasteiger partial charge in [0.25, 0.3) is 0 Å². The van der Waals surface area contributed by atoms with Gasteiger partial charge in [-0.1, -0.05) is 23.2 Å². The van der Waals surface area contributed by atoms with Gasteiger partial charge >= 0.3 is 0 Å². The largest absolute Gasteiger partial charge is 0.304 e. The molecule has 0 bridgehead atoms. The van der Waals surface area contributed by atoms with Crippen LogP contribution in [0.1, 0.15) is 18.4 Å². The molecule has 0 spiro atoms. The van der Waals surface area contributed by atoms with Crippen LogP contribution in [0.25, 0.3) is 0 Å². The average molecular weight is 233 g/mol. The third-order valence-corrected chi connectivity index (χ3v) is 2.98. The molecule has 2 N–H and O–H groups in total. The van der Waals surface area contributed by atoms with E-state index in [9.17, 15) is 0 Å². The van der Waals surface area contributed by atoms with Crippen LogP contribution in [0.3, 0.4) is 0 Å². The molecular weight excluding hydrogens is 223 g/mol. The number of pyridine rings is 1. The third-order valence-electron chi connectivity index (χ3n) is 2.59. The Morgan fingerprint density at radius 1 is 1.36 bits per heavy atom. The fourth-order valence-electron chi connectivity index (χ4n) is 1.60. The number of aromatic nitrogens is 1. The Kier molecular flexibility index (Phi) is 2.66. The highest BCUT2D eigenvalue weighted by atomic mass is 35.5. The lowest BCUT2D eigenvalue weighted by atomic mass is 9.98. The number of rotatable bonds is 3. The van der Waals surface area contributed by atoms with E-state index < -0.39 is 0 Å². The normalized spacial score (nSPS) is 18.2. The second-order valence-electron chi connectivity index (χ2n) is 3.59. The van der Waals surface area contributed by atoms with Crippen molar-refractivity contribution in [3.05, 3.63) is 28.0 Å². The van der Waals surface area contributed by atoms with Crippen molar-refractivity contribution in [3.8, 4) is 0 Å². The van der Waals surface area contributed by atoms with Crippen LogP contribution >= 0.6 is 23.2 Å². The van der Waals surface area contributed by atoms with Crippen molar-refractivity contribution in [3.63, 3.8) is 0 Å². The van der Waals surface area contributed by atoms with Gasteiger partial charge in [0.15, 0.2) is 0 Å². The van der Waals surface area contributed by atoms with E-state index >= 15 is 0 Å². The van der Waals surface area contributed by atoms with Crippen molar-refractivity contribution in [1.82, 2.24) is 4.98 Å². The molecule has 0 amide bonds. The average Bonchev–Trinajstić information content (AvgIpc) is 2.84. The molecule has 0 aromatic carbocycles. The Morgan fingerprint density at radius 2 is 1.93 bits per heavy atom. The van der Waals surface area contributed by atoms with Crippen LogP contribution in [0.5, 0.6) is 0 Å². The molecule has 0 saturated heterocycles. The molecule has 1 aliphatic rings. The van der Waals surface area contributed by atoms with Crippen LogP contribution in [-0.2, 0) is 10.3 Å². The molecule has 1 aliphatic carbocycles. The van der Waals surface area contributed by atoms with Gasteiger partial charge in [-0.3, -0.25) is 0 Å². The number of hydrogen-bond acceptors (Lipinski definition) is 3. The molecule has 0 aliphatic heterocycles. The van der Waals surface area contributed by atoms with Crippen LogP contribution in [0, 0.1) is 0 Å². The Hall–Kier alpha value is -0.350. The molecule has 1 saturated carbocycles. The van der Waals surface area contributed by atoms with Gasteiger partial charge in [-0.05, 0) is 30.5 Å². The molecule has 76 valence electrons. The van der Waals surface area contributed by atoms with E-state index in [1.165, 1.54) is 0 Å². The molecule has 14 heavy (non-hydrogen) atoms. The van der Waals surface area contributed by atoms with Crippen LogP contribution in [0.2, 0.25) is 10.3 Å². The lowest BCUT2D eigenvalue weighted by Gasteiger charge is -2.14. The molecule has 3 nitrogen and oxygen atoms in total. The summed E-state index contributed by atoms with van der Waals surface area (Å²) in [7, 11) is 0. The van der Waals surface area contributed by atoms with Gasteiger partial charge in [0.05, 0.1) is 6.61 Å². The van der Waals surface area contributed by atoms with Crippen LogP contribution in [-0.4, -0.2) is 11.6 Å². The first kappa shape index (κ1) is 10.2. The number of nitrogens with two attached hydrogens (primary N) is 1. The van der Waals surface area contributed by atoms with Gasteiger partial charge in [-0.2, -0.15) is 0 Å². The molecular formula is C9H10Cl2N2O. The zero-order valence-electron chi connectivity index (χ0n) is 7.46. The van der Waals surface area contributed by atoms with E-state index in [-0.39, 0.29) is 5.41 Å². The lowest BCUT2D eigenvalue weighted by Crippen LogP contribution is -2.18. The minimum atomic E-state index is 0.0188. The Morgan fingerprint density at radius 3 is 2.36 bits per heavy atom. The number of hydrogen-bond donors (Lipinski definition) is 1. The smallest absolute Gasteiger partial charge is 0.131 e. The van der Waals surface area contributed by atoms with Gasteiger partial charge in [0, 0.05) is 5.41 Å². The first-order valence-electron chi connectivity index (χ1n) is 4.31. The van der Waals surface area contributed by atoms with Crippen LogP contribution < -0.4 is 5.90 Å². The van der Waals surface area contributed by atoms with Crippen LogP contribution in [0.15, 0.2) is 12.1 Å². The first-order valence-corrected chi connectivity index (χ1v) is 5.07. The summed E-state index contributed by atoms with van der Waals surface area (Å²) >= 11 is 11.6. The summed E-state index contributed by atoms with van der Waals surface area (Å²) in [6, 6.07) is 3.64. The second-order valence-corrected chi connectivity index (χ2v) is 4.37. The maximum Gasteiger partial charge on any atom is 0.131 e. The van der Waals surface area contributed by atoms with Crippen molar-refractivity contribution < 1.29 is 4.84 Å². The van der Waals surface area contributed by atoms with Crippen molar-refractivity contribution in [2.75, 3.05) is 6.61 Å². The highest BCUT2D eigenvalue weighted by Gasteiger charge is 2.45. The zero-order valence-corrected chi connectivity index (χ0v) is 8.98. The summed E-state index contributed by atoms with van der Waals surface area (Å²) in [5.41, 5.74) is 1.08. The van der Waals surface area contributed by atoms with Gasteiger partial charge in [0.2, 0.25) is 0 Å². The Balaban J connectivity index is 2.32. The number of nitrogens with zero attached hydrogens (tertiary/aromatic N) is 1. The van der Waals surface area contributed by atoms with Gasteiger partial charge in [-0.25, -0.2) is 10.9 Å². The first-order chi connectivity index (χ1) is 6.66. The molecule has 2 rings (SSSR count). The van der Waals surface area contributed by atoms with Gasteiger partial charge < -0.3 is 4.84 Å². The molecule has 0 atom stereocenters. The summed E-state index contributed by atoms with van der Waals surface area (Å²) in [5.74, 6) is 5.09. The lowest BCUT2D eigenvalue weighted by molar-refractivity contribution is 0.116. The molecule has 0 unspecified atom stereocenters. The standard InChI is InChI=1S/C9H10Cl2N2O/c10-7-3-6(4-8(11)13-7)9(1-2-9)5-14-12/h3-4H,1-2,5,12H2. The van der Waals surface area contributed by atoms with E-state index in [1.54, 1.807) is 0 Å². The summed E-state index contributed by atoms with van der Waals surface area (Å²) in [4.78, 5) is 8.59. The molecule has 5 heteroatoms. The summed E-state index contributed by atoms with van der Waals surface area (Å²) in [6.45, 7) is 0.504. The highest BCUT2D eigenvalue weighted by Crippen LogP contribution is 2.48. The fourth-order valence-corrected chi connectivity index (χ4v) is 2.06. The van der Waals surface area contributed by atoms with Gasteiger partial charge in [-0.15, -0.1) is 0 Å². The monoisotopic (exact) mass is 232 g/mol. The van der Waals surface area contributed by atoms with Crippen molar-refractivity contribution in [1.29, 1.82) is 0 Å². The van der Waals surface area contributed by atoms with E-state index in [1.807, 2.05) is 12.1 Å². The van der Waals surface area contributed by atoms with E-state index in [0.29, 0.717) is 16.9 Å². The number of halogens is 2. The van der Waals surface area contributed by atoms with E-state index in [2.05, 4.69) is 4.98 Å². The Labute approximate surface area is 92.1 Å². The summed E-state index contributed by atoms with van der Waals surface area (Å²) < 4.78 is 0. The summed E-state index contributed by atoms with van der Waals surface area (Å²) in [6.07, 6.45) is 2.11. The third kappa shape index (κ3) is 1.86. The molecule has 1 aromatic heterocycles. The van der Waals surface area contributed by atoms with Gasteiger partial charge in [0.1, 0.15) is 10.3 Å². The minimum absolute atomic E-state index is 0.0188. The zero-order chi connectivity index (χ0) is 10.2. The quantitative estimate of drug-likeness (QED) is 0.643. The molecule has 1 fully saturated rings. The van der Waals surface area contributed by atoms with Crippen LogP contribution in [0.4, 0.5) is 0 Å². The second kappa shape index (κ2) is 3.66. The molecule has 1 aromatic rings. The van der Waals surface area contributed by atoms with E-state index in [0.717, 1.165) is 18.4 Å². The Bertz CT molecular complexity index is 332. The fraction of sp³-hybridized carbons (Fsp3) is 0.444.